The Labute approximate surface area is 194 Å². The van der Waals surface area contributed by atoms with Crippen LogP contribution >= 0.6 is 23.2 Å². The molecule has 2 aromatic carbocycles. The Hall–Kier alpha value is -3.23. The van der Waals surface area contributed by atoms with Gasteiger partial charge in [-0.2, -0.15) is 0 Å². The van der Waals surface area contributed by atoms with Crippen molar-refractivity contribution in [2.45, 2.75) is 6.61 Å². The summed E-state index contributed by atoms with van der Waals surface area (Å²) in [4.78, 5) is 27.0. The normalized spacial score (nSPS) is 10.9. The first-order valence-electron chi connectivity index (χ1n) is 9.33. The Bertz CT molecular complexity index is 1160. The number of aliphatic imine (C=N–C) groups is 1. The van der Waals surface area contributed by atoms with Crippen molar-refractivity contribution in [3.05, 3.63) is 69.6 Å². The average molecular weight is 477 g/mol. The summed E-state index contributed by atoms with van der Waals surface area (Å²) in [6.45, 7) is 0.00870. The van der Waals surface area contributed by atoms with Gasteiger partial charge in [0, 0.05) is 14.1 Å². The van der Waals surface area contributed by atoms with E-state index in [-0.39, 0.29) is 45.3 Å². The minimum atomic E-state index is -0.801. The maximum Gasteiger partial charge on any atom is 0.359 e. The van der Waals surface area contributed by atoms with E-state index in [2.05, 4.69) is 15.0 Å². The van der Waals surface area contributed by atoms with Gasteiger partial charge in [0.1, 0.15) is 11.6 Å². The summed E-state index contributed by atoms with van der Waals surface area (Å²) in [5, 5.41) is -0.0395. The molecule has 0 atom stereocenters. The fourth-order valence-corrected chi connectivity index (χ4v) is 3.06. The van der Waals surface area contributed by atoms with E-state index >= 15 is 0 Å². The van der Waals surface area contributed by atoms with Gasteiger partial charge in [0.15, 0.2) is 28.9 Å². The van der Waals surface area contributed by atoms with Crippen LogP contribution in [0.2, 0.25) is 10.0 Å². The number of methoxy groups -OCH3 is 1. The van der Waals surface area contributed by atoms with Crippen LogP contribution in [0.25, 0.3) is 11.4 Å². The van der Waals surface area contributed by atoms with Crippen molar-refractivity contribution < 1.29 is 18.7 Å². The molecule has 0 aliphatic rings. The van der Waals surface area contributed by atoms with E-state index in [0.717, 1.165) is 5.56 Å². The molecule has 166 valence electrons. The van der Waals surface area contributed by atoms with Crippen LogP contribution in [0.1, 0.15) is 16.1 Å². The van der Waals surface area contributed by atoms with Crippen molar-refractivity contribution in [2.75, 3.05) is 21.2 Å². The van der Waals surface area contributed by atoms with Crippen molar-refractivity contribution in [1.82, 2.24) is 14.9 Å². The number of carbonyl (C=O) groups is 1. The number of rotatable bonds is 7. The van der Waals surface area contributed by atoms with Gasteiger partial charge in [-0.25, -0.2) is 24.1 Å². The van der Waals surface area contributed by atoms with E-state index in [0.29, 0.717) is 0 Å². The number of ether oxygens (including phenoxy) is 2. The molecule has 32 heavy (non-hydrogen) atoms. The van der Waals surface area contributed by atoms with E-state index in [9.17, 15) is 9.18 Å². The first kappa shape index (κ1) is 23.4. The zero-order chi connectivity index (χ0) is 23.3. The van der Waals surface area contributed by atoms with Gasteiger partial charge in [-0.1, -0.05) is 53.5 Å². The minimum Gasteiger partial charge on any atom is -0.492 e. The van der Waals surface area contributed by atoms with Gasteiger partial charge in [-0.15, -0.1) is 0 Å². The molecule has 3 aromatic rings. The smallest absolute Gasteiger partial charge is 0.359 e. The zero-order valence-corrected chi connectivity index (χ0v) is 19.0. The van der Waals surface area contributed by atoms with Crippen molar-refractivity contribution in [3.63, 3.8) is 0 Å². The molecule has 0 N–H and O–H groups in total. The quantitative estimate of drug-likeness (QED) is 0.265. The van der Waals surface area contributed by atoms with Crippen LogP contribution in [0.5, 0.6) is 5.75 Å². The highest BCUT2D eigenvalue weighted by molar-refractivity contribution is 6.35. The third kappa shape index (κ3) is 5.33. The molecule has 0 fully saturated rings. The molecule has 1 heterocycles. The number of halogens is 3. The monoisotopic (exact) mass is 476 g/mol. The first-order valence-corrected chi connectivity index (χ1v) is 10.1. The van der Waals surface area contributed by atoms with E-state index in [4.69, 9.17) is 32.7 Å². The molecule has 0 aliphatic carbocycles. The van der Waals surface area contributed by atoms with Crippen molar-refractivity contribution >= 4 is 41.3 Å². The molecule has 1 aromatic heterocycles. The first-order chi connectivity index (χ1) is 15.3. The van der Waals surface area contributed by atoms with Crippen LogP contribution in [0.15, 0.2) is 47.5 Å². The lowest BCUT2D eigenvalue weighted by Crippen LogP contribution is -2.11. The third-order valence-corrected chi connectivity index (χ3v) is 4.79. The Morgan fingerprint density at radius 1 is 1.16 bits per heavy atom. The van der Waals surface area contributed by atoms with Crippen LogP contribution in [0.3, 0.4) is 0 Å². The lowest BCUT2D eigenvalue weighted by Gasteiger charge is -2.12. The van der Waals surface area contributed by atoms with Gasteiger partial charge >= 0.3 is 5.97 Å². The van der Waals surface area contributed by atoms with Gasteiger partial charge in [-0.05, 0) is 17.7 Å². The van der Waals surface area contributed by atoms with Gasteiger partial charge in [0.05, 0.1) is 24.0 Å². The number of aromatic nitrogens is 2. The summed E-state index contributed by atoms with van der Waals surface area (Å²) >= 11 is 12.3. The molecule has 0 radical (unpaired) electrons. The second kappa shape index (κ2) is 10.4. The molecule has 0 spiro atoms. The maximum atomic E-state index is 15.0. The molecule has 0 aliphatic heterocycles. The molecule has 7 nitrogen and oxygen atoms in total. The molecule has 10 heteroatoms. The number of esters is 1. The number of hydrogen-bond donors (Lipinski definition) is 0. The van der Waals surface area contributed by atoms with Crippen LogP contribution in [-0.2, 0) is 11.3 Å². The van der Waals surface area contributed by atoms with E-state index in [1.54, 1.807) is 19.0 Å². The number of carbonyl (C=O) groups excluding carboxylic acids is 1. The minimum absolute atomic E-state index is 0.00870. The molecular weight excluding hydrogens is 458 g/mol. The van der Waals surface area contributed by atoms with E-state index < -0.39 is 11.8 Å². The highest BCUT2D eigenvalue weighted by atomic mass is 35.5. The average Bonchev–Trinajstić information content (AvgIpc) is 2.78. The van der Waals surface area contributed by atoms with E-state index in [1.165, 1.54) is 25.6 Å². The van der Waals surface area contributed by atoms with Crippen LogP contribution in [0.4, 0.5) is 10.2 Å². The third-order valence-electron chi connectivity index (χ3n) is 4.14. The Morgan fingerprint density at radius 2 is 1.88 bits per heavy atom. The maximum absolute atomic E-state index is 15.0. The van der Waals surface area contributed by atoms with Crippen LogP contribution in [0, 0.1) is 5.82 Å². The van der Waals surface area contributed by atoms with Gasteiger partial charge < -0.3 is 14.4 Å². The molecule has 3 rings (SSSR count). The lowest BCUT2D eigenvalue weighted by atomic mass is 10.1. The predicted octanol–water partition coefficient (Wildman–Crippen LogP) is 5.18. The number of hydrogen-bond acceptors (Lipinski definition) is 6. The van der Waals surface area contributed by atoms with Gasteiger partial charge in [-0.3, -0.25) is 0 Å². The fourth-order valence-electron chi connectivity index (χ4n) is 2.63. The van der Waals surface area contributed by atoms with E-state index in [1.807, 2.05) is 30.3 Å². The largest absolute Gasteiger partial charge is 0.492 e. The second-order valence-electron chi connectivity index (χ2n) is 6.75. The fraction of sp³-hybridized carbons (Fsp3) is 0.182. The standard InChI is InChI=1S/C22H19Cl2FN4O3/c1-29(2)12-26-21-16(24)18(22(30)32-11-13-7-5-4-6-8-13)27-20(28-21)14-9-10-15(23)19(31-3)17(14)25/h4-10,12H,11H2,1-3H3/b26-12+. The number of nitrogens with zero attached hydrogens (tertiary/aromatic N) is 4. The number of benzene rings is 2. The van der Waals surface area contributed by atoms with Crippen LogP contribution < -0.4 is 4.74 Å². The zero-order valence-electron chi connectivity index (χ0n) is 17.5. The molecule has 0 saturated carbocycles. The van der Waals surface area contributed by atoms with Gasteiger partial charge in [0.25, 0.3) is 0 Å². The van der Waals surface area contributed by atoms with Crippen LogP contribution in [-0.4, -0.2) is 48.4 Å². The highest BCUT2D eigenvalue weighted by Crippen LogP contribution is 2.36. The topological polar surface area (TPSA) is 76.9 Å². The molecule has 0 saturated heterocycles. The summed E-state index contributed by atoms with van der Waals surface area (Å²) in [5.74, 6) is -1.90. The second-order valence-corrected chi connectivity index (χ2v) is 7.53. The van der Waals surface area contributed by atoms with Gasteiger partial charge in [0.2, 0.25) is 0 Å². The van der Waals surface area contributed by atoms with Crippen molar-refractivity contribution in [3.8, 4) is 17.1 Å². The van der Waals surface area contributed by atoms with Crippen molar-refractivity contribution in [1.29, 1.82) is 0 Å². The molecule has 0 unspecified atom stereocenters. The summed E-state index contributed by atoms with van der Waals surface area (Å²) in [5.41, 5.74) is 0.499. The summed E-state index contributed by atoms with van der Waals surface area (Å²) in [6, 6.07) is 11.9. The van der Waals surface area contributed by atoms with Crippen molar-refractivity contribution in [2.24, 2.45) is 4.99 Å². The summed E-state index contributed by atoms with van der Waals surface area (Å²) < 4.78 is 25.3. The highest BCUT2D eigenvalue weighted by Gasteiger charge is 2.24. The molecule has 0 amide bonds. The molecular formula is C22H19Cl2FN4O3. The Kier molecular flexibility index (Phi) is 7.61. The lowest BCUT2D eigenvalue weighted by molar-refractivity contribution is 0.0466. The Balaban J connectivity index is 2.07. The summed E-state index contributed by atoms with van der Waals surface area (Å²) in [6.07, 6.45) is 1.44. The Morgan fingerprint density at radius 3 is 2.53 bits per heavy atom. The predicted molar refractivity (Wildman–Crippen MR) is 121 cm³/mol. The SMILES string of the molecule is COc1c(Cl)ccc(-c2nc(/N=C/N(C)C)c(Cl)c(C(=O)OCc3ccccc3)n2)c1F. The molecule has 0 bridgehead atoms. The summed E-state index contributed by atoms with van der Waals surface area (Å²) in [7, 11) is 4.78.